The molecule has 252 valence electrons. The summed E-state index contributed by atoms with van der Waals surface area (Å²) in [7, 11) is 0. The average molecular weight is 715 g/mol. The van der Waals surface area contributed by atoms with Crippen molar-refractivity contribution in [1.29, 1.82) is 0 Å². The number of hydrogen-bond donors (Lipinski definition) is 0. The van der Waals surface area contributed by atoms with E-state index in [0.29, 0.717) is 22.3 Å². The molecule has 9 aromatic carbocycles. The number of benzene rings is 9. The maximum atomic E-state index is 8.91. The molecule has 0 spiro atoms. The van der Waals surface area contributed by atoms with Gasteiger partial charge in [0.1, 0.15) is 5.82 Å². The molecule has 0 saturated heterocycles. The Morgan fingerprint density at radius 3 is 1.89 bits per heavy atom. The third-order valence-corrected chi connectivity index (χ3v) is 11.3. The minimum Gasteiger partial charge on any atom is -0.292 e. The Morgan fingerprint density at radius 1 is 0.463 bits per heavy atom. The number of nitrogens with zero attached hydrogens (tertiary/aromatic N) is 2. The molecule has 54 heavy (non-hydrogen) atoms. The first-order valence-corrected chi connectivity index (χ1v) is 18.4. The highest BCUT2D eigenvalue weighted by Crippen LogP contribution is 2.48. The second kappa shape index (κ2) is 12.4. The van der Waals surface area contributed by atoms with E-state index >= 15 is 0 Å². The number of para-hydroxylation sites is 2. The van der Waals surface area contributed by atoms with Crippen LogP contribution in [0.25, 0.3) is 103 Å². The van der Waals surface area contributed by atoms with Gasteiger partial charge in [-0.15, -0.1) is 11.3 Å². The molecule has 2 aromatic heterocycles. The molecule has 0 atom stereocenters. The number of hydrogen-bond acceptors (Lipinski definition) is 2. The van der Waals surface area contributed by atoms with E-state index in [-0.39, 0.29) is 41.1 Å². The van der Waals surface area contributed by atoms with Crippen LogP contribution in [0.3, 0.4) is 0 Å². The maximum absolute atomic E-state index is 8.91. The lowest BCUT2D eigenvalue weighted by Crippen LogP contribution is -1.98. The normalized spacial score (nSPS) is 14.3. The van der Waals surface area contributed by atoms with Crippen LogP contribution in [0.5, 0.6) is 0 Å². The van der Waals surface area contributed by atoms with Crippen LogP contribution < -0.4 is 0 Å². The fraction of sp³-hybridized carbons (Fsp3) is 0. The molecule has 0 amide bonds. The number of rotatable bonds is 5. The maximum Gasteiger partial charge on any atom is 0.145 e. The predicted molar refractivity (Wildman–Crippen MR) is 231 cm³/mol. The van der Waals surface area contributed by atoms with Gasteiger partial charge in [0, 0.05) is 31.4 Å². The van der Waals surface area contributed by atoms with E-state index in [0.717, 1.165) is 64.0 Å². The van der Waals surface area contributed by atoms with Crippen molar-refractivity contribution >= 4 is 64.1 Å². The Kier molecular flexibility index (Phi) is 5.12. The summed E-state index contributed by atoms with van der Waals surface area (Å²) in [6.07, 6.45) is 0. The summed E-state index contributed by atoms with van der Waals surface area (Å²) >= 11 is 1.73. The van der Waals surface area contributed by atoms with Gasteiger partial charge in [-0.05, 0) is 97.4 Å². The minimum atomic E-state index is -0.475. The average Bonchev–Trinajstić information content (AvgIpc) is 3.90. The molecule has 0 saturated carbocycles. The van der Waals surface area contributed by atoms with Crippen LogP contribution in [0, 0.1) is 0 Å². The second-order valence-electron chi connectivity index (χ2n) is 13.1. The van der Waals surface area contributed by atoms with E-state index in [1.165, 1.54) is 0 Å². The zero-order chi connectivity index (χ0) is 44.3. The van der Waals surface area contributed by atoms with E-state index in [9.17, 15) is 0 Å². The molecular formula is C51H32N2S. The summed E-state index contributed by atoms with van der Waals surface area (Å²) in [5, 5.41) is 5.93. The highest BCUT2D eigenvalue weighted by atomic mass is 32.1. The van der Waals surface area contributed by atoms with E-state index in [2.05, 4.69) is 42.5 Å². The highest BCUT2D eigenvalue weighted by Gasteiger charge is 2.21. The number of thiophene rings is 1. The van der Waals surface area contributed by atoms with E-state index < -0.39 is 36.3 Å². The predicted octanol–water partition coefficient (Wildman–Crippen LogP) is 14.4. The SMILES string of the molecule is [2H]c1c([2H])c([2H])c(-c2ccc3c(-c4ccc(-n5c(-c6c([2H])c([2H])c([2H])c([2H])c6[2H])nc6ccccc65)cc4)c4ccccc4c(-c4cccc5sc6ccccc6c45)c3c2)c([2H])c1[2H]. The Labute approximate surface area is 330 Å². The lowest BCUT2D eigenvalue weighted by atomic mass is 9.84. The lowest BCUT2D eigenvalue weighted by Gasteiger charge is -2.20. The van der Waals surface area contributed by atoms with Gasteiger partial charge in [0.15, 0.2) is 0 Å². The van der Waals surface area contributed by atoms with Crippen LogP contribution in [0.1, 0.15) is 13.7 Å². The summed E-state index contributed by atoms with van der Waals surface area (Å²) < 4.78 is 89.9. The molecule has 3 heteroatoms. The minimum absolute atomic E-state index is 0.00203. The Hall–Kier alpha value is -6.81. The van der Waals surface area contributed by atoms with Gasteiger partial charge in [0.05, 0.1) is 24.7 Å². The largest absolute Gasteiger partial charge is 0.292 e. The molecule has 0 unspecified atom stereocenters. The Morgan fingerprint density at radius 2 is 1.09 bits per heavy atom. The highest BCUT2D eigenvalue weighted by molar-refractivity contribution is 7.25. The molecule has 11 rings (SSSR count). The van der Waals surface area contributed by atoms with E-state index in [4.69, 9.17) is 18.7 Å². The van der Waals surface area contributed by atoms with Crippen LogP contribution in [-0.4, -0.2) is 9.55 Å². The van der Waals surface area contributed by atoms with Crippen molar-refractivity contribution in [1.82, 2.24) is 9.55 Å². The summed E-state index contributed by atoms with van der Waals surface area (Å²) in [4.78, 5) is 4.83. The fourth-order valence-electron chi connectivity index (χ4n) is 7.91. The van der Waals surface area contributed by atoms with Gasteiger partial charge in [-0.2, -0.15) is 0 Å². The zero-order valence-corrected chi connectivity index (χ0v) is 29.3. The molecule has 2 nitrogen and oxygen atoms in total. The summed E-state index contributed by atoms with van der Waals surface area (Å²) in [6.45, 7) is 0. The van der Waals surface area contributed by atoms with Crippen molar-refractivity contribution < 1.29 is 13.7 Å². The monoisotopic (exact) mass is 714 g/mol. The van der Waals surface area contributed by atoms with Gasteiger partial charge in [-0.25, -0.2) is 4.98 Å². The summed E-state index contributed by atoms with van der Waals surface area (Å²) in [6, 6.07) is 40.2. The van der Waals surface area contributed by atoms with Crippen LogP contribution in [0.2, 0.25) is 0 Å². The van der Waals surface area contributed by atoms with Gasteiger partial charge in [0.25, 0.3) is 0 Å². The molecule has 2 heterocycles. The topological polar surface area (TPSA) is 17.8 Å². The van der Waals surface area contributed by atoms with Crippen LogP contribution in [0.4, 0.5) is 0 Å². The molecule has 0 aliphatic heterocycles. The van der Waals surface area contributed by atoms with Crippen molar-refractivity contribution in [2.75, 3.05) is 0 Å². The fourth-order valence-corrected chi connectivity index (χ4v) is 9.04. The van der Waals surface area contributed by atoms with E-state index in [1.807, 2.05) is 95.6 Å². The summed E-state index contributed by atoms with van der Waals surface area (Å²) in [5.41, 5.74) is 6.38. The first kappa shape index (κ1) is 22.3. The molecule has 0 aliphatic carbocycles. The number of imidazole rings is 1. The van der Waals surface area contributed by atoms with Crippen molar-refractivity contribution in [3.05, 3.63) is 194 Å². The van der Waals surface area contributed by atoms with Crippen LogP contribution in [0.15, 0.2) is 194 Å². The van der Waals surface area contributed by atoms with Crippen LogP contribution >= 0.6 is 11.3 Å². The summed E-state index contributed by atoms with van der Waals surface area (Å²) in [5.74, 6) is 0.224. The Bertz CT molecular complexity index is 3740. The van der Waals surface area contributed by atoms with Crippen molar-refractivity contribution in [2.45, 2.75) is 0 Å². The van der Waals surface area contributed by atoms with Gasteiger partial charge >= 0.3 is 0 Å². The first-order valence-electron chi connectivity index (χ1n) is 22.6. The molecule has 11 aromatic rings. The van der Waals surface area contributed by atoms with Crippen molar-refractivity contribution in [3.8, 4) is 50.5 Å². The van der Waals surface area contributed by atoms with Gasteiger partial charge in [-0.3, -0.25) is 4.57 Å². The second-order valence-corrected chi connectivity index (χ2v) is 14.2. The molecule has 0 radical (unpaired) electrons. The third kappa shape index (κ3) is 4.83. The van der Waals surface area contributed by atoms with Crippen molar-refractivity contribution in [3.63, 3.8) is 0 Å². The lowest BCUT2D eigenvalue weighted by molar-refractivity contribution is 1.10. The molecule has 0 bridgehead atoms. The van der Waals surface area contributed by atoms with Crippen molar-refractivity contribution in [2.24, 2.45) is 0 Å². The van der Waals surface area contributed by atoms with Crippen LogP contribution in [-0.2, 0) is 0 Å². The van der Waals surface area contributed by atoms with Gasteiger partial charge < -0.3 is 0 Å². The Balaban J connectivity index is 1.20. The molecule has 0 aliphatic rings. The number of fused-ring (bicyclic) bond motifs is 6. The quantitative estimate of drug-likeness (QED) is 0.162. The molecule has 0 N–H and O–H groups in total. The third-order valence-electron chi connectivity index (χ3n) is 10.2. The molecule has 0 fully saturated rings. The van der Waals surface area contributed by atoms with Gasteiger partial charge in [-0.1, -0.05) is 151 Å². The zero-order valence-electron chi connectivity index (χ0n) is 38.5. The molecular weight excluding hydrogens is 673 g/mol. The van der Waals surface area contributed by atoms with Gasteiger partial charge in [0.2, 0.25) is 0 Å². The van der Waals surface area contributed by atoms with E-state index in [1.54, 1.807) is 11.3 Å². The first-order chi connectivity index (χ1) is 30.9. The number of aromatic nitrogens is 2. The smallest absolute Gasteiger partial charge is 0.145 e. The standard InChI is InChI=1S/C51H32N2S/c1-3-14-33(15-4-1)36-28-31-40-43(32-36)49(42-21-13-25-47-50(42)41-20-9-12-24-46(41)54-47)39-19-8-7-18-38(39)48(40)34-26-29-37(30-27-34)53-45-23-11-10-22-44(45)52-51(53)35-16-5-2-6-17-35/h1-32H/i1D,2D,3D,4D,5D,6D,14D,15D,16D,17D.